The quantitative estimate of drug-likeness (QED) is 0.820. The fourth-order valence-corrected chi connectivity index (χ4v) is 3.73. The van der Waals surface area contributed by atoms with Crippen molar-refractivity contribution in [1.82, 2.24) is 0 Å². The molecule has 0 bridgehead atoms. The van der Waals surface area contributed by atoms with E-state index in [0.29, 0.717) is 15.7 Å². The SMILES string of the molecule is O=C1CC(C(=O)Nc2ccc(Cl)c(Cl)c2)C2(CCCCC2)O1. The van der Waals surface area contributed by atoms with E-state index >= 15 is 0 Å². The van der Waals surface area contributed by atoms with Gasteiger partial charge >= 0.3 is 5.97 Å². The van der Waals surface area contributed by atoms with E-state index in [-0.39, 0.29) is 18.3 Å². The zero-order valence-corrected chi connectivity index (χ0v) is 13.5. The van der Waals surface area contributed by atoms with Gasteiger partial charge in [-0.2, -0.15) is 0 Å². The van der Waals surface area contributed by atoms with Crippen LogP contribution in [0.5, 0.6) is 0 Å². The number of hydrogen-bond donors (Lipinski definition) is 1. The van der Waals surface area contributed by atoms with E-state index in [2.05, 4.69) is 5.32 Å². The maximum Gasteiger partial charge on any atom is 0.307 e. The molecular weight excluding hydrogens is 325 g/mol. The summed E-state index contributed by atoms with van der Waals surface area (Å²) in [4.78, 5) is 24.4. The number of halogens is 2. The van der Waals surface area contributed by atoms with Crippen LogP contribution in [0.3, 0.4) is 0 Å². The van der Waals surface area contributed by atoms with Crippen molar-refractivity contribution in [1.29, 1.82) is 0 Å². The lowest BCUT2D eigenvalue weighted by Gasteiger charge is -2.36. The van der Waals surface area contributed by atoms with Crippen molar-refractivity contribution in [2.45, 2.75) is 44.1 Å². The van der Waals surface area contributed by atoms with E-state index in [1.165, 1.54) is 0 Å². The van der Waals surface area contributed by atoms with Crippen LogP contribution in [0.2, 0.25) is 10.0 Å². The van der Waals surface area contributed by atoms with Gasteiger partial charge in [-0.1, -0.05) is 29.6 Å². The maximum atomic E-state index is 12.6. The van der Waals surface area contributed by atoms with Crippen molar-refractivity contribution in [2.75, 3.05) is 5.32 Å². The van der Waals surface area contributed by atoms with Gasteiger partial charge in [0, 0.05) is 5.69 Å². The van der Waals surface area contributed by atoms with Crippen LogP contribution in [0.1, 0.15) is 38.5 Å². The molecule has 1 unspecified atom stereocenters. The second-order valence-corrected chi connectivity index (χ2v) is 6.79. The van der Waals surface area contributed by atoms with Crippen molar-refractivity contribution in [2.24, 2.45) is 5.92 Å². The molecule has 1 saturated heterocycles. The number of amides is 1. The highest BCUT2D eigenvalue weighted by Gasteiger charge is 2.52. The average Bonchev–Trinajstić information content (AvgIpc) is 2.80. The van der Waals surface area contributed by atoms with E-state index in [4.69, 9.17) is 27.9 Å². The number of carbonyl (C=O) groups excluding carboxylic acids is 2. The summed E-state index contributed by atoms with van der Waals surface area (Å²) in [6.07, 6.45) is 4.78. The van der Waals surface area contributed by atoms with Gasteiger partial charge in [0.15, 0.2) is 0 Å². The molecule has 1 aliphatic heterocycles. The first kappa shape index (κ1) is 15.6. The molecule has 1 aromatic carbocycles. The molecule has 2 fully saturated rings. The molecule has 6 heteroatoms. The van der Waals surface area contributed by atoms with Crippen molar-refractivity contribution in [3.63, 3.8) is 0 Å². The minimum atomic E-state index is -0.615. The molecule has 1 atom stereocenters. The molecule has 22 heavy (non-hydrogen) atoms. The maximum absolute atomic E-state index is 12.6. The molecule has 4 nitrogen and oxygen atoms in total. The second-order valence-electron chi connectivity index (χ2n) is 5.97. The normalized spacial score (nSPS) is 23.4. The lowest BCUT2D eigenvalue weighted by atomic mass is 9.75. The van der Waals surface area contributed by atoms with Gasteiger partial charge in [-0.05, 0) is 43.9 Å². The molecule has 0 radical (unpaired) electrons. The molecule has 3 rings (SSSR count). The van der Waals surface area contributed by atoms with E-state index < -0.39 is 11.5 Å². The summed E-state index contributed by atoms with van der Waals surface area (Å²) >= 11 is 11.8. The number of carbonyl (C=O) groups is 2. The first-order valence-corrected chi connectivity index (χ1v) is 8.23. The van der Waals surface area contributed by atoms with Crippen LogP contribution in [0.25, 0.3) is 0 Å². The predicted molar refractivity (Wildman–Crippen MR) is 85.1 cm³/mol. The van der Waals surface area contributed by atoms with Crippen molar-refractivity contribution >= 4 is 40.8 Å². The van der Waals surface area contributed by atoms with Crippen molar-refractivity contribution in [3.05, 3.63) is 28.2 Å². The molecular formula is C16H17Cl2NO3. The first-order valence-electron chi connectivity index (χ1n) is 7.48. The molecule has 1 heterocycles. The second kappa shape index (κ2) is 6.09. The van der Waals surface area contributed by atoms with Gasteiger partial charge in [-0.25, -0.2) is 0 Å². The molecule has 0 aromatic heterocycles. The molecule has 1 aromatic rings. The van der Waals surface area contributed by atoms with Crippen LogP contribution in [-0.2, 0) is 14.3 Å². The average molecular weight is 342 g/mol. The lowest BCUT2D eigenvalue weighted by molar-refractivity contribution is -0.153. The molecule has 1 aliphatic carbocycles. The van der Waals surface area contributed by atoms with Gasteiger partial charge in [0.05, 0.1) is 22.4 Å². The number of nitrogens with one attached hydrogen (secondary N) is 1. The Labute approximate surface area is 139 Å². The van der Waals surface area contributed by atoms with Crippen molar-refractivity contribution in [3.8, 4) is 0 Å². The largest absolute Gasteiger partial charge is 0.458 e. The zero-order chi connectivity index (χ0) is 15.7. The van der Waals surface area contributed by atoms with E-state index in [9.17, 15) is 9.59 Å². The number of hydrogen-bond acceptors (Lipinski definition) is 3. The number of anilines is 1. The van der Waals surface area contributed by atoms with Crippen molar-refractivity contribution < 1.29 is 14.3 Å². The van der Waals surface area contributed by atoms with Crippen LogP contribution in [0, 0.1) is 5.92 Å². The Bertz CT molecular complexity index is 611. The third-order valence-electron chi connectivity index (χ3n) is 4.53. The minimum absolute atomic E-state index is 0.146. The van der Waals surface area contributed by atoms with E-state index in [1.807, 2.05) is 0 Å². The molecule has 1 spiro atoms. The minimum Gasteiger partial charge on any atom is -0.458 e. The summed E-state index contributed by atoms with van der Waals surface area (Å²) in [5.74, 6) is -0.905. The Morgan fingerprint density at radius 3 is 2.59 bits per heavy atom. The first-order chi connectivity index (χ1) is 10.5. The third-order valence-corrected chi connectivity index (χ3v) is 5.27. The smallest absolute Gasteiger partial charge is 0.307 e. The van der Waals surface area contributed by atoms with Crippen LogP contribution < -0.4 is 5.32 Å². The Balaban J connectivity index is 1.78. The Morgan fingerprint density at radius 1 is 1.18 bits per heavy atom. The third kappa shape index (κ3) is 2.95. The standard InChI is InChI=1S/C16H17Cl2NO3/c17-12-5-4-10(8-13(12)18)19-15(21)11-9-14(20)22-16(11)6-2-1-3-7-16/h4-5,8,11H,1-3,6-7,9H2,(H,19,21). The number of rotatable bonds is 2. The van der Waals surface area contributed by atoms with E-state index in [1.54, 1.807) is 18.2 Å². The summed E-state index contributed by atoms with van der Waals surface area (Å²) < 4.78 is 5.56. The highest BCUT2D eigenvalue weighted by molar-refractivity contribution is 6.42. The summed E-state index contributed by atoms with van der Waals surface area (Å²) in [5.41, 5.74) is -0.0416. The Morgan fingerprint density at radius 2 is 1.91 bits per heavy atom. The number of benzene rings is 1. The van der Waals surface area contributed by atoms with Gasteiger partial charge in [-0.15, -0.1) is 0 Å². The summed E-state index contributed by atoms with van der Waals surface area (Å²) in [7, 11) is 0. The highest BCUT2D eigenvalue weighted by Crippen LogP contribution is 2.44. The molecule has 1 N–H and O–H groups in total. The predicted octanol–water partition coefficient (Wildman–Crippen LogP) is 4.20. The number of ether oxygens (including phenoxy) is 1. The Hall–Kier alpha value is -1.26. The fraction of sp³-hybridized carbons (Fsp3) is 0.500. The Kier molecular flexibility index (Phi) is 4.33. The zero-order valence-electron chi connectivity index (χ0n) is 12.0. The monoisotopic (exact) mass is 341 g/mol. The van der Waals surface area contributed by atoms with E-state index in [0.717, 1.165) is 32.1 Å². The lowest BCUT2D eigenvalue weighted by Crippen LogP contribution is -2.43. The molecule has 2 aliphatic rings. The van der Waals surface area contributed by atoms with Crippen LogP contribution in [-0.4, -0.2) is 17.5 Å². The summed E-state index contributed by atoms with van der Waals surface area (Å²) in [6.45, 7) is 0. The van der Waals surface area contributed by atoms with Gasteiger partial charge in [0.1, 0.15) is 5.60 Å². The highest BCUT2D eigenvalue weighted by atomic mass is 35.5. The summed E-state index contributed by atoms with van der Waals surface area (Å²) in [6, 6.07) is 4.93. The fourth-order valence-electron chi connectivity index (χ4n) is 3.43. The van der Waals surface area contributed by atoms with Crippen LogP contribution in [0.15, 0.2) is 18.2 Å². The van der Waals surface area contributed by atoms with Gasteiger partial charge in [-0.3, -0.25) is 9.59 Å². The topological polar surface area (TPSA) is 55.4 Å². The van der Waals surface area contributed by atoms with Gasteiger partial charge < -0.3 is 10.1 Å². The van der Waals surface area contributed by atoms with Crippen LogP contribution >= 0.6 is 23.2 Å². The van der Waals surface area contributed by atoms with Crippen LogP contribution in [0.4, 0.5) is 5.69 Å². The number of esters is 1. The van der Waals surface area contributed by atoms with Gasteiger partial charge in [0.25, 0.3) is 0 Å². The molecule has 1 amide bonds. The molecule has 118 valence electrons. The van der Waals surface area contributed by atoms with Gasteiger partial charge in [0.2, 0.25) is 5.91 Å². The molecule has 1 saturated carbocycles. The summed E-state index contributed by atoms with van der Waals surface area (Å²) in [5, 5.41) is 3.64.